The predicted molar refractivity (Wildman–Crippen MR) is 119 cm³/mol. The lowest BCUT2D eigenvalue weighted by Crippen LogP contribution is -2.30. The number of methoxy groups -OCH3 is 1. The van der Waals surface area contributed by atoms with E-state index in [1.165, 1.54) is 23.9 Å². The average Bonchev–Trinajstić information content (AvgIpc) is 2.76. The number of hydrogen-bond acceptors (Lipinski definition) is 5. The molecule has 2 aromatic carbocycles. The van der Waals surface area contributed by atoms with Crippen LogP contribution in [-0.2, 0) is 23.4 Å². The van der Waals surface area contributed by atoms with Gasteiger partial charge >= 0.3 is 0 Å². The van der Waals surface area contributed by atoms with E-state index >= 15 is 0 Å². The molecule has 0 saturated heterocycles. The summed E-state index contributed by atoms with van der Waals surface area (Å²) in [5.74, 6) is 0.800. The number of nitrogens with one attached hydrogen (secondary N) is 2. The van der Waals surface area contributed by atoms with Gasteiger partial charge in [0.25, 0.3) is 5.56 Å². The summed E-state index contributed by atoms with van der Waals surface area (Å²) < 4.78 is 18.2. The lowest BCUT2D eigenvalue weighted by molar-refractivity contribution is -0.120. The lowest BCUT2D eigenvalue weighted by Gasteiger charge is -2.09. The second kappa shape index (κ2) is 10.8. The van der Waals surface area contributed by atoms with E-state index < -0.39 is 0 Å². The Morgan fingerprint density at radius 2 is 1.97 bits per heavy atom. The number of halogens is 1. The third-order valence-electron chi connectivity index (χ3n) is 4.70. The van der Waals surface area contributed by atoms with Gasteiger partial charge < -0.3 is 15.0 Å². The van der Waals surface area contributed by atoms with Gasteiger partial charge in [0.05, 0.1) is 13.5 Å². The molecule has 0 aliphatic heterocycles. The van der Waals surface area contributed by atoms with Crippen molar-refractivity contribution in [3.05, 3.63) is 87.1 Å². The summed E-state index contributed by atoms with van der Waals surface area (Å²) >= 11 is 1.35. The number of carbonyl (C=O) groups excluding carboxylic acids is 1. The summed E-state index contributed by atoms with van der Waals surface area (Å²) in [4.78, 5) is 31.9. The van der Waals surface area contributed by atoms with E-state index in [4.69, 9.17) is 4.74 Å². The fourth-order valence-corrected chi connectivity index (χ4v) is 3.85. The summed E-state index contributed by atoms with van der Waals surface area (Å²) in [6, 6.07) is 13.8. The number of thioether (sulfide) groups is 1. The molecule has 0 saturated carbocycles. The van der Waals surface area contributed by atoms with E-state index in [9.17, 15) is 14.0 Å². The number of hydrogen-bond donors (Lipinski definition) is 2. The second-order valence-corrected chi connectivity index (χ2v) is 7.94. The number of amides is 1. The van der Waals surface area contributed by atoms with Crippen LogP contribution < -0.4 is 15.6 Å². The normalized spacial score (nSPS) is 10.7. The number of ether oxygens (including phenoxy) is 1. The highest BCUT2D eigenvalue weighted by Gasteiger charge is 2.13. The Balaban J connectivity index is 1.53. The van der Waals surface area contributed by atoms with E-state index in [0.29, 0.717) is 35.1 Å². The van der Waals surface area contributed by atoms with E-state index in [1.807, 2.05) is 24.3 Å². The Kier molecular flexibility index (Phi) is 7.83. The SMILES string of the molecule is COc1cccc(CCNC(=O)Cc2c(C)nc(SCc3ccc(F)cc3)[nH]c2=O)c1. The molecule has 31 heavy (non-hydrogen) atoms. The first kappa shape index (κ1) is 22.6. The van der Waals surface area contributed by atoms with Gasteiger partial charge in [0, 0.05) is 23.6 Å². The Hall–Kier alpha value is -3.13. The van der Waals surface area contributed by atoms with Gasteiger partial charge in [-0.1, -0.05) is 36.0 Å². The molecule has 8 heteroatoms. The number of nitrogens with zero attached hydrogens (tertiary/aromatic N) is 1. The Morgan fingerprint density at radius 1 is 1.19 bits per heavy atom. The van der Waals surface area contributed by atoms with Crippen molar-refractivity contribution in [2.75, 3.05) is 13.7 Å². The van der Waals surface area contributed by atoms with Crippen molar-refractivity contribution < 1.29 is 13.9 Å². The van der Waals surface area contributed by atoms with Gasteiger partial charge in [0.1, 0.15) is 11.6 Å². The maximum atomic E-state index is 13.0. The number of aryl methyl sites for hydroxylation is 1. The van der Waals surface area contributed by atoms with E-state index in [-0.39, 0.29) is 23.7 Å². The number of rotatable bonds is 9. The highest BCUT2D eigenvalue weighted by molar-refractivity contribution is 7.98. The zero-order valence-corrected chi connectivity index (χ0v) is 18.2. The molecule has 0 unspecified atom stereocenters. The summed E-state index contributed by atoms with van der Waals surface area (Å²) in [5, 5.41) is 3.31. The largest absolute Gasteiger partial charge is 0.497 e. The molecule has 1 amide bonds. The lowest BCUT2D eigenvalue weighted by atomic mass is 10.1. The summed E-state index contributed by atoms with van der Waals surface area (Å²) in [6.45, 7) is 2.18. The standard InChI is InChI=1S/C23H24FN3O3S/c1-15-20(13-21(28)25-11-10-16-4-3-5-19(12-16)30-2)22(29)27-23(26-15)31-14-17-6-8-18(24)9-7-17/h3-9,12H,10-11,13-14H2,1-2H3,(H,25,28)(H,26,27,29). The van der Waals surface area contributed by atoms with Gasteiger partial charge in [-0.2, -0.15) is 0 Å². The molecule has 0 bridgehead atoms. The van der Waals surface area contributed by atoms with Crippen molar-refractivity contribution in [2.24, 2.45) is 0 Å². The minimum Gasteiger partial charge on any atom is -0.497 e. The fraction of sp³-hybridized carbons (Fsp3) is 0.261. The van der Waals surface area contributed by atoms with E-state index in [0.717, 1.165) is 16.9 Å². The van der Waals surface area contributed by atoms with Crippen molar-refractivity contribution in [1.29, 1.82) is 0 Å². The first-order chi connectivity index (χ1) is 14.9. The molecule has 2 N–H and O–H groups in total. The molecule has 0 atom stereocenters. The first-order valence-electron chi connectivity index (χ1n) is 9.81. The summed E-state index contributed by atoms with van der Waals surface area (Å²) in [7, 11) is 1.61. The summed E-state index contributed by atoms with van der Waals surface area (Å²) in [5.41, 5.74) is 2.53. The van der Waals surface area contributed by atoms with Gasteiger partial charge in [-0.15, -0.1) is 0 Å². The van der Waals surface area contributed by atoms with Gasteiger partial charge in [0.15, 0.2) is 5.16 Å². The molecule has 6 nitrogen and oxygen atoms in total. The highest BCUT2D eigenvalue weighted by atomic mass is 32.2. The van der Waals surface area contributed by atoms with Crippen LogP contribution >= 0.6 is 11.8 Å². The highest BCUT2D eigenvalue weighted by Crippen LogP contribution is 2.19. The summed E-state index contributed by atoms with van der Waals surface area (Å²) in [6.07, 6.45) is 0.630. The molecule has 1 heterocycles. The van der Waals surface area contributed by atoms with Crippen molar-refractivity contribution >= 4 is 17.7 Å². The van der Waals surface area contributed by atoms with Crippen LogP contribution in [0, 0.1) is 12.7 Å². The smallest absolute Gasteiger partial charge is 0.255 e. The molecule has 0 fully saturated rings. The van der Waals surface area contributed by atoms with Gasteiger partial charge in [-0.3, -0.25) is 9.59 Å². The van der Waals surface area contributed by atoms with Crippen LogP contribution in [-0.4, -0.2) is 29.5 Å². The number of H-pyrrole nitrogens is 1. The van der Waals surface area contributed by atoms with Crippen LogP contribution in [0.3, 0.4) is 0 Å². The fourth-order valence-electron chi connectivity index (χ4n) is 2.99. The topological polar surface area (TPSA) is 84.1 Å². The minimum atomic E-state index is -0.322. The van der Waals surface area contributed by atoms with E-state index in [1.54, 1.807) is 26.2 Å². The van der Waals surface area contributed by atoms with Gasteiger partial charge in [0.2, 0.25) is 5.91 Å². The second-order valence-electron chi connectivity index (χ2n) is 6.98. The number of benzene rings is 2. The third kappa shape index (κ3) is 6.68. The van der Waals surface area contributed by atoms with Crippen LogP contribution in [0.5, 0.6) is 5.75 Å². The third-order valence-corrected chi connectivity index (χ3v) is 5.64. The van der Waals surface area contributed by atoms with Crippen LogP contribution in [0.1, 0.15) is 22.4 Å². The Morgan fingerprint density at radius 3 is 2.68 bits per heavy atom. The molecule has 0 aliphatic rings. The van der Waals surface area contributed by atoms with Crippen LogP contribution in [0.4, 0.5) is 4.39 Å². The monoisotopic (exact) mass is 441 g/mol. The Labute approximate surface area is 184 Å². The van der Waals surface area contributed by atoms with Crippen molar-refractivity contribution in [3.63, 3.8) is 0 Å². The molecule has 3 aromatic rings. The molecule has 0 aliphatic carbocycles. The van der Waals surface area contributed by atoms with Crippen LogP contribution in [0.15, 0.2) is 58.5 Å². The predicted octanol–water partition coefficient (Wildman–Crippen LogP) is 3.42. The molecule has 1 aromatic heterocycles. The zero-order valence-electron chi connectivity index (χ0n) is 17.4. The van der Waals surface area contributed by atoms with Crippen molar-refractivity contribution in [1.82, 2.24) is 15.3 Å². The zero-order chi connectivity index (χ0) is 22.2. The minimum absolute atomic E-state index is 0.0326. The van der Waals surface area contributed by atoms with Crippen LogP contribution in [0.2, 0.25) is 0 Å². The quantitative estimate of drug-likeness (QED) is 0.393. The van der Waals surface area contributed by atoms with Crippen molar-refractivity contribution in [2.45, 2.75) is 30.7 Å². The maximum absolute atomic E-state index is 13.0. The Bertz CT molecular complexity index is 1100. The molecule has 3 rings (SSSR count). The molecule has 162 valence electrons. The number of aromatic nitrogens is 2. The molecule has 0 radical (unpaired) electrons. The van der Waals surface area contributed by atoms with Gasteiger partial charge in [-0.05, 0) is 48.7 Å². The van der Waals surface area contributed by atoms with Gasteiger partial charge in [-0.25, -0.2) is 9.37 Å². The number of aromatic amines is 1. The average molecular weight is 442 g/mol. The number of carbonyl (C=O) groups is 1. The molecular weight excluding hydrogens is 417 g/mol. The molecule has 0 spiro atoms. The van der Waals surface area contributed by atoms with Crippen LogP contribution in [0.25, 0.3) is 0 Å². The first-order valence-corrected chi connectivity index (χ1v) is 10.8. The molecular formula is C23H24FN3O3S. The maximum Gasteiger partial charge on any atom is 0.255 e. The van der Waals surface area contributed by atoms with Crippen molar-refractivity contribution in [3.8, 4) is 5.75 Å². The van der Waals surface area contributed by atoms with E-state index in [2.05, 4.69) is 15.3 Å².